The molecule has 2 aliphatic rings. The monoisotopic (exact) mass is 305 g/mol. The van der Waals surface area contributed by atoms with Gasteiger partial charge >= 0.3 is 0 Å². The minimum atomic E-state index is -0.873. The molecule has 0 bridgehead atoms. The fraction of sp³-hybridized carbons (Fsp3) is 0.400. The van der Waals surface area contributed by atoms with E-state index in [-0.39, 0.29) is 11.8 Å². The fourth-order valence-electron chi connectivity index (χ4n) is 2.75. The third-order valence-corrected chi connectivity index (χ3v) is 4.13. The summed E-state index contributed by atoms with van der Waals surface area (Å²) < 4.78 is 0. The largest absolute Gasteiger partial charge is 0.316 e. The molecule has 6 heteroatoms. The van der Waals surface area contributed by atoms with Gasteiger partial charge in [0.25, 0.3) is 5.91 Å². The normalized spacial score (nSPS) is 26.2. The third-order valence-electron chi connectivity index (χ3n) is 3.88. The molecule has 0 radical (unpaired) electrons. The number of hydrogen-bond donors (Lipinski definition) is 2. The smallest absolute Gasteiger partial charge is 0.264 e. The Labute approximate surface area is 127 Å². The number of halogens is 1. The highest BCUT2D eigenvalue weighted by molar-refractivity contribution is 6.30. The van der Waals surface area contributed by atoms with Crippen molar-refractivity contribution in [1.82, 2.24) is 10.6 Å². The molecule has 1 aromatic rings. The van der Waals surface area contributed by atoms with Crippen molar-refractivity contribution in [2.24, 2.45) is 10.9 Å². The van der Waals surface area contributed by atoms with E-state index in [1.807, 2.05) is 0 Å². The summed E-state index contributed by atoms with van der Waals surface area (Å²) in [6.07, 6.45) is 1.96. The summed E-state index contributed by atoms with van der Waals surface area (Å²) in [5.41, 5.74) is 0.617. The van der Waals surface area contributed by atoms with Gasteiger partial charge in [0.1, 0.15) is 11.8 Å². The number of nitrogens with one attached hydrogen (secondary N) is 2. The third kappa shape index (κ3) is 2.99. The molecule has 1 aromatic carbocycles. The Morgan fingerprint density at radius 3 is 2.57 bits per heavy atom. The zero-order valence-electron chi connectivity index (χ0n) is 11.4. The van der Waals surface area contributed by atoms with Crippen molar-refractivity contribution >= 4 is 29.3 Å². The lowest BCUT2D eigenvalue weighted by Crippen LogP contribution is -2.49. The maximum absolute atomic E-state index is 12.3. The molecular weight excluding hydrogens is 290 g/mol. The van der Waals surface area contributed by atoms with Gasteiger partial charge in [0.2, 0.25) is 5.91 Å². The Bertz CT molecular complexity index is 591. The lowest BCUT2D eigenvalue weighted by atomic mass is 9.93. The highest BCUT2D eigenvalue weighted by Gasteiger charge is 2.35. The molecule has 3 rings (SSSR count). The van der Waals surface area contributed by atoms with Crippen LogP contribution in [0.1, 0.15) is 24.3 Å². The fourth-order valence-corrected chi connectivity index (χ4v) is 2.88. The van der Waals surface area contributed by atoms with Crippen LogP contribution in [0.2, 0.25) is 5.02 Å². The van der Waals surface area contributed by atoms with Gasteiger partial charge in [0.05, 0.1) is 0 Å². The van der Waals surface area contributed by atoms with Crippen LogP contribution >= 0.6 is 11.6 Å². The summed E-state index contributed by atoms with van der Waals surface area (Å²) in [4.78, 5) is 28.6. The number of amides is 2. The Hall–Kier alpha value is -1.72. The Kier molecular flexibility index (Phi) is 4.03. The van der Waals surface area contributed by atoms with Crippen molar-refractivity contribution in [2.45, 2.75) is 18.8 Å². The molecule has 5 nitrogen and oxygen atoms in total. The zero-order chi connectivity index (χ0) is 14.8. The van der Waals surface area contributed by atoms with E-state index in [0.717, 1.165) is 25.9 Å². The van der Waals surface area contributed by atoms with Crippen molar-refractivity contribution in [3.05, 3.63) is 34.9 Å². The molecule has 2 N–H and O–H groups in total. The first kappa shape index (κ1) is 14.2. The minimum Gasteiger partial charge on any atom is -0.316 e. The summed E-state index contributed by atoms with van der Waals surface area (Å²) in [7, 11) is 0. The quantitative estimate of drug-likeness (QED) is 0.813. The molecular formula is C15H16ClN3O2. The number of benzene rings is 1. The molecule has 0 aromatic heterocycles. The van der Waals surface area contributed by atoms with Gasteiger partial charge in [0, 0.05) is 17.5 Å². The number of nitrogens with zero attached hydrogens (tertiary/aromatic N) is 1. The van der Waals surface area contributed by atoms with E-state index in [1.165, 1.54) is 0 Å². The van der Waals surface area contributed by atoms with Crippen LogP contribution in [-0.2, 0) is 9.59 Å². The average Bonchev–Trinajstić information content (AvgIpc) is 2.49. The van der Waals surface area contributed by atoms with Crippen molar-refractivity contribution in [2.75, 3.05) is 13.1 Å². The average molecular weight is 306 g/mol. The van der Waals surface area contributed by atoms with Crippen molar-refractivity contribution in [3.8, 4) is 0 Å². The molecule has 0 aliphatic carbocycles. The topological polar surface area (TPSA) is 70.6 Å². The molecule has 1 saturated heterocycles. The highest BCUT2D eigenvalue weighted by atomic mass is 35.5. The molecule has 1 fully saturated rings. The van der Waals surface area contributed by atoms with Gasteiger partial charge in [-0.25, -0.2) is 0 Å². The summed E-state index contributed by atoms with van der Waals surface area (Å²) in [5, 5.41) is 6.62. The van der Waals surface area contributed by atoms with E-state index in [2.05, 4.69) is 15.6 Å². The number of amidine groups is 1. The van der Waals surface area contributed by atoms with Gasteiger partial charge in [-0.1, -0.05) is 23.7 Å². The Morgan fingerprint density at radius 2 is 1.95 bits per heavy atom. The van der Waals surface area contributed by atoms with Crippen molar-refractivity contribution in [1.29, 1.82) is 0 Å². The molecule has 2 heterocycles. The molecule has 2 atom stereocenters. The predicted octanol–water partition coefficient (Wildman–Crippen LogP) is 1.48. The minimum absolute atomic E-state index is 0.109. The van der Waals surface area contributed by atoms with Crippen LogP contribution in [0.25, 0.3) is 0 Å². The number of rotatable bonds is 2. The van der Waals surface area contributed by atoms with E-state index in [4.69, 9.17) is 11.6 Å². The summed E-state index contributed by atoms with van der Waals surface area (Å²) in [6.45, 7) is 1.72. The molecule has 0 spiro atoms. The van der Waals surface area contributed by atoms with E-state index in [0.29, 0.717) is 16.4 Å². The maximum atomic E-state index is 12.3. The van der Waals surface area contributed by atoms with E-state index < -0.39 is 11.8 Å². The first-order valence-corrected chi connectivity index (χ1v) is 7.42. The van der Waals surface area contributed by atoms with Crippen LogP contribution in [0.4, 0.5) is 0 Å². The Balaban J connectivity index is 1.83. The predicted molar refractivity (Wildman–Crippen MR) is 80.4 cm³/mol. The second kappa shape index (κ2) is 5.95. The number of carbonyl (C=O) groups is 2. The van der Waals surface area contributed by atoms with E-state index in [9.17, 15) is 9.59 Å². The number of piperidine rings is 1. The number of hydrogen-bond acceptors (Lipinski definition) is 3. The Morgan fingerprint density at radius 1 is 1.19 bits per heavy atom. The van der Waals surface area contributed by atoms with Gasteiger partial charge in [0.15, 0.2) is 0 Å². The summed E-state index contributed by atoms with van der Waals surface area (Å²) >= 11 is 5.83. The highest BCUT2D eigenvalue weighted by Crippen LogP contribution is 2.24. The first-order chi connectivity index (χ1) is 10.1. The van der Waals surface area contributed by atoms with Crippen LogP contribution in [0.3, 0.4) is 0 Å². The van der Waals surface area contributed by atoms with E-state index >= 15 is 0 Å². The second-order valence-electron chi connectivity index (χ2n) is 5.35. The zero-order valence-corrected chi connectivity index (χ0v) is 12.2. The van der Waals surface area contributed by atoms with Crippen LogP contribution in [0.15, 0.2) is 29.3 Å². The van der Waals surface area contributed by atoms with E-state index in [1.54, 1.807) is 24.3 Å². The second-order valence-corrected chi connectivity index (χ2v) is 5.79. The van der Waals surface area contributed by atoms with Gasteiger partial charge in [-0.15, -0.1) is 0 Å². The lowest BCUT2D eigenvalue weighted by molar-refractivity contribution is -0.129. The first-order valence-electron chi connectivity index (χ1n) is 7.04. The van der Waals surface area contributed by atoms with Crippen LogP contribution < -0.4 is 10.6 Å². The molecule has 2 amide bonds. The maximum Gasteiger partial charge on any atom is 0.264 e. The molecule has 2 aliphatic heterocycles. The van der Waals surface area contributed by atoms with Gasteiger partial charge in [-0.3, -0.25) is 9.59 Å². The number of carbonyl (C=O) groups excluding carboxylic acids is 2. The van der Waals surface area contributed by atoms with Gasteiger partial charge in [-0.05, 0) is 37.1 Å². The van der Waals surface area contributed by atoms with Crippen LogP contribution in [0.5, 0.6) is 0 Å². The molecule has 2 unspecified atom stereocenters. The number of aliphatic imine (C=N–C) groups is 1. The lowest BCUT2D eigenvalue weighted by Gasteiger charge is -2.28. The summed E-state index contributed by atoms with van der Waals surface area (Å²) in [5.74, 6) is -0.970. The van der Waals surface area contributed by atoms with Crippen molar-refractivity contribution in [3.63, 3.8) is 0 Å². The molecule has 21 heavy (non-hydrogen) atoms. The van der Waals surface area contributed by atoms with Crippen molar-refractivity contribution < 1.29 is 9.59 Å². The van der Waals surface area contributed by atoms with Crippen LogP contribution in [-0.4, -0.2) is 30.7 Å². The van der Waals surface area contributed by atoms with Gasteiger partial charge < -0.3 is 10.6 Å². The standard InChI is InChI=1S/C15H16ClN3O2/c16-11-5-3-9(4-6-11)12-14(20)18-13(19-15(12)21)10-2-1-7-17-8-10/h3-6,10,12,17H,1-2,7-8H2,(H,18,19,20,21). The SMILES string of the molecule is O=C1N=C(C2CCCNC2)NC(=O)C1c1ccc(Cl)cc1. The molecule has 0 saturated carbocycles. The van der Waals surface area contributed by atoms with Crippen LogP contribution in [0, 0.1) is 5.92 Å². The molecule has 110 valence electrons. The van der Waals surface area contributed by atoms with Gasteiger partial charge in [-0.2, -0.15) is 4.99 Å². The summed E-state index contributed by atoms with van der Waals surface area (Å²) in [6, 6.07) is 6.71.